The minimum absolute atomic E-state index is 0.119. The van der Waals surface area contributed by atoms with Crippen molar-refractivity contribution in [1.82, 2.24) is 10.7 Å². The van der Waals surface area contributed by atoms with Gasteiger partial charge in [0.15, 0.2) is 0 Å². The first-order valence-electron chi connectivity index (χ1n) is 10.0. The number of nitrogens with one attached hydrogen (secondary N) is 2. The highest BCUT2D eigenvalue weighted by atomic mass is 35.5. The van der Waals surface area contributed by atoms with E-state index in [-0.39, 0.29) is 17.7 Å². The summed E-state index contributed by atoms with van der Waals surface area (Å²) < 4.78 is 5.67. The SMILES string of the molecule is CCCCOc1cccc(C=NNC(=O)C(NC(=O)c2ccc(Cl)cc2)C(C)C)c1. The molecule has 1 unspecified atom stereocenters. The number of amides is 2. The molecule has 2 aromatic rings. The fourth-order valence-corrected chi connectivity index (χ4v) is 2.75. The Hall–Kier alpha value is -2.86. The van der Waals surface area contributed by atoms with E-state index in [2.05, 4.69) is 22.8 Å². The molecule has 7 heteroatoms. The van der Waals surface area contributed by atoms with Crippen LogP contribution in [0.5, 0.6) is 5.75 Å². The van der Waals surface area contributed by atoms with Gasteiger partial charge in [-0.15, -0.1) is 0 Å². The molecule has 0 heterocycles. The van der Waals surface area contributed by atoms with Crippen LogP contribution >= 0.6 is 11.6 Å². The molecule has 30 heavy (non-hydrogen) atoms. The third kappa shape index (κ3) is 7.52. The first-order valence-corrected chi connectivity index (χ1v) is 10.4. The van der Waals surface area contributed by atoms with Gasteiger partial charge in [0, 0.05) is 10.6 Å². The molecule has 0 fully saturated rings. The van der Waals surface area contributed by atoms with Crippen LogP contribution in [-0.4, -0.2) is 30.7 Å². The number of carbonyl (C=O) groups is 2. The summed E-state index contributed by atoms with van der Waals surface area (Å²) in [5.41, 5.74) is 3.74. The van der Waals surface area contributed by atoms with Crippen molar-refractivity contribution in [3.63, 3.8) is 0 Å². The highest BCUT2D eigenvalue weighted by molar-refractivity contribution is 6.30. The highest BCUT2D eigenvalue weighted by Crippen LogP contribution is 2.13. The van der Waals surface area contributed by atoms with Crippen LogP contribution in [0, 0.1) is 5.92 Å². The second kappa shape index (κ2) is 12.0. The topological polar surface area (TPSA) is 79.8 Å². The number of unbranched alkanes of at least 4 members (excludes halogenated alkanes) is 1. The molecular weight excluding hydrogens is 402 g/mol. The Labute approximate surface area is 182 Å². The van der Waals surface area contributed by atoms with Gasteiger partial charge in [-0.2, -0.15) is 5.10 Å². The van der Waals surface area contributed by atoms with E-state index in [0.29, 0.717) is 17.2 Å². The predicted molar refractivity (Wildman–Crippen MR) is 120 cm³/mol. The molecular formula is C23H28ClN3O3. The lowest BCUT2D eigenvalue weighted by Gasteiger charge is -2.20. The van der Waals surface area contributed by atoms with E-state index in [4.69, 9.17) is 16.3 Å². The first-order chi connectivity index (χ1) is 14.4. The van der Waals surface area contributed by atoms with E-state index in [1.54, 1.807) is 30.5 Å². The van der Waals surface area contributed by atoms with Crippen LogP contribution in [0.3, 0.4) is 0 Å². The summed E-state index contributed by atoms with van der Waals surface area (Å²) in [7, 11) is 0. The molecule has 2 aromatic carbocycles. The van der Waals surface area contributed by atoms with Crippen molar-refractivity contribution in [3.05, 3.63) is 64.7 Å². The zero-order chi connectivity index (χ0) is 21.9. The van der Waals surface area contributed by atoms with Crippen molar-refractivity contribution in [3.8, 4) is 5.75 Å². The Morgan fingerprint density at radius 3 is 2.57 bits per heavy atom. The first kappa shape index (κ1) is 23.4. The van der Waals surface area contributed by atoms with E-state index in [9.17, 15) is 9.59 Å². The van der Waals surface area contributed by atoms with Gasteiger partial charge in [-0.05, 0) is 54.3 Å². The second-order valence-electron chi connectivity index (χ2n) is 7.21. The smallest absolute Gasteiger partial charge is 0.262 e. The lowest BCUT2D eigenvalue weighted by Crippen LogP contribution is -2.48. The van der Waals surface area contributed by atoms with Gasteiger partial charge in [-0.1, -0.05) is 50.9 Å². The van der Waals surface area contributed by atoms with Crippen LogP contribution in [0.1, 0.15) is 49.5 Å². The molecule has 6 nitrogen and oxygen atoms in total. The van der Waals surface area contributed by atoms with E-state index < -0.39 is 6.04 Å². The summed E-state index contributed by atoms with van der Waals surface area (Å²) in [5.74, 6) is -0.0962. The maximum atomic E-state index is 12.6. The molecule has 2 rings (SSSR count). The number of nitrogens with zero attached hydrogens (tertiary/aromatic N) is 1. The quantitative estimate of drug-likeness (QED) is 0.333. The van der Waals surface area contributed by atoms with E-state index in [1.807, 2.05) is 38.1 Å². The number of hydrazone groups is 1. The summed E-state index contributed by atoms with van der Waals surface area (Å²) in [4.78, 5) is 25.0. The van der Waals surface area contributed by atoms with Crippen molar-refractivity contribution in [1.29, 1.82) is 0 Å². The van der Waals surface area contributed by atoms with Crippen LogP contribution in [0.25, 0.3) is 0 Å². The van der Waals surface area contributed by atoms with Crippen LogP contribution < -0.4 is 15.5 Å². The Morgan fingerprint density at radius 2 is 1.90 bits per heavy atom. The molecule has 0 radical (unpaired) electrons. The summed E-state index contributed by atoms with van der Waals surface area (Å²) in [6.45, 7) is 6.48. The number of carbonyl (C=O) groups excluding carboxylic acids is 2. The second-order valence-corrected chi connectivity index (χ2v) is 7.65. The van der Waals surface area contributed by atoms with Gasteiger partial charge in [0.2, 0.25) is 0 Å². The van der Waals surface area contributed by atoms with Gasteiger partial charge in [0.25, 0.3) is 11.8 Å². The number of rotatable bonds is 10. The van der Waals surface area contributed by atoms with Gasteiger partial charge in [-0.3, -0.25) is 9.59 Å². The van der Waals surface area contributed by atoms with Crippen LogP contribution in [0.15, 0.2) is 53.6 Å². The van der Waals surface area contributed by atoms with Crippen LogP contribution in [-0.2, 0) is 4.79 Å². The summed E-state index contributed by atoms with van der Waals surface area (Å²) in [6, 6.07) is 13.2. The molecule has 2 amide bonds. The van der Waals surface area contributed by atoms with Gasteiger partial charge >= 0.3 is 0 Å². The van der Waals surface area contributed by atoms with Crippen molar-refractivity contribution in [2.24, 2.45) is 11.0 Å². The standard InChI is InChI=1S/C23H28ClN3O3/c1-4-5-13-30-20-8-6-7-17(14-20)15-25-27-23(29)21(16(2)3)26-22(28)18-9-11-19(24)12-10-18/h6-12,14-16,21H,4-5,13H2,1-3H3,(H,26,28)(H,27,29). The molecule has 0 saturated carbocycles. The van der Waals surface area contributed by atoms with Gasteiger partial charge in [0.05, 0.1) is 12.8 Å². The van der Waals surface area contributed by atoms with Crippen LogP contribution in [0.4, 0.5) is 0 Å². The third-order valence-electron chi connectivity index (χ3n) is 4.36. The average Bonchev–Trinajstić information content (AvgIpc) is 2.72. The minimum Gasteiger partial charge on any atom is -0.494 e. The van der Waals surface area contributed by atoms with Gasteiger partial charge in [-0.25, -0.2) is 5.43 Å². The molecule has 0 aliphatic rings. The molecule has 2 N–H and O–H groups in total. The predicted octanol–water partition coefficient (Wildman–Crippen LogP) is 4.42. The molecule has 0 aliphatic carbocycles. The Bertz CT molecular complexity index is 866. The van der Waals surface area contributed by atoms with Crippen molar-refractivity contribution in [2.75, 3.05) is 6.61 Å². The highest BCUT2D eigenvalue weighted by Gasteiger charge is 2.24. The van der Waals surface area contributed by atoms with Gasteiger partial charge < -0.3 is 10.1 Å². The zero-order valence-corrected chi connectivity index (χ0v) is 18.3. The largest absolute Gasteiger partial charge is 0.494 e. The Kier molecular flexibility index (Phi) is 9.35. The average molecular weight is 430 g/mol. The molecule has 0 spiro atoms. The Balaban J connectivity index is 1.95. The zero-order valence-electron chi connectivity index (χ0n) is 17.5. The normalized spacial score (nSPS) is 12.0. The van der Waals surface area contributed by atoms with Crippen molar-refractivity contribution < 1.29 is 14.3 Å². The van der Waals surface area contributed by atoms with Crippen LogP contribution in [0.2, 0.25) is 5.02 Å². The molecule has 0 aliphatic heterocycles. The third-order valence-corrected chi connectivity index (χ3v) is 4.61. The summed E-state index contributed by atoms with van der Waals surface area (Å²) in [6.07, 6.45) is 3.61. The molecule has 0 aromatic heterocycles. The molecule has 160 valence electrons. The van der Waals surface area contributed by atoms with Crippen molar-refractivity contribution >= 4 is 29.6 Å². The fraction of sp³-hybridized carbons (Fsp3) is 0.348. The number of hydrogen-bond donors (Lipinski definition) is 2. The monoisotopic (exact) mass is 429 g/mol. The number of halogens is 1. The van der Waals surface area contributed by atoms with E-state index >= 15 is 0 Å². The van der Waals surface area contributed by atoms with E-state index in [0.717, 1.165) is 24.2 Å². The molecule has 1 atom stereocenters. The maximum Gasteiger partial charge on any atom is 0.262 e. The summed E-state index contributed by atoms with van der Waals surface area (Å²) >= 11 is 5.85. The van der Waals surface area contributed by atoms with Gasteiger partial charge in [0.1, 0.15) is 11.8 Å². The number of benzene rings is 2. The minimum atomic E-state index is -0.728. The number of ether oxygens (including phenoxy) is 1. The lowest BCUT2D eigenvalue weighted by molar-refractivity contribution is -0.123. The Morgan fingerprint density at radius 1 is 1.17 bits per heavy atom. The summed E-state index contributed by atoms with van der Waals surface area (Å²) in [5, 5.41) is 7.32. The lowest BCUT2D eigenvalue weighted by atomic mass is 10.0. The van der Waals surface area contributed by atoms with E-state index in [1.165, 1.54) is 0 Å². The molecule has 0 saturated heterocycles. The molecule has 0 bridgehead atoms. The maximum absolute atomic E-state index is 12.6. The number of hydrogen-bond acceptors (Lipinski definition) is 4. The fourth-order valence-electron chi connectivity index (χ4n) is 2.62. The van der Waals surface area contributed by atoms with Crippen molar-refractivity contribution in [2.45, 2.75) is 39.7 Å².